The van der Waals surface area contributed by atoms with Gasteiger partial charge in [0.25, 0.3) is 11.6 Å². The minimum atomic E-state index is -0.559. The fraction of sp³-hybridized carbons (Fsp3) is 0.214. The largest absolute Gasteiger partial charge is 0.467 e. The van der Waals surface area contributed by atoms with Crippen molar-refractivity contribution in [1.82, 2.24) is 5.32 Å². The molecule has 0 aliphatic rings. The molecule has 0 saturated carbocycles. The molecule has 0 aliphatic heterocycles. The molecule has 1 aromatic carbocycles. The highest BCUT2D eigenvalue weighted by Crippen LogP contribution is 2.25. The number of carbonyl (C=O) groups excluding carboxylic acids is 1. The Balaban J connectivity index is 2.27. The summed E-state index contributed by atoms with van der Waals surface area (Å²) < 4.78 is 5.20. The summed E-state index contributed by atoms with van der Waals surface area (Å²) in [5, 5.41) is 13.7. The first-order valence-electron chi connectivity index (χ1n) is 6.19. The first-order valence-corrected chi connectivity index (χ1v) is 7.42. The average molecular weight is 306 g/mol. The molecule has 2 rings (SSSR count). The number of hydrogen-bond acceptors (Lipinski definition) is 5. The van der Waals surface area contributed by atoms with Gasteiger partial charge in [-0.1, -0.05) is 0 Å². The topological polar surface area (TPSA) is 85.4 Å². The van der Waals surface area contributed by atoms with Gasteiger partial charge in [0.1, 0.15) is 11.3 Å². The second-order valence-electron chi connectivity index (χ2n) is 4.35. The Morgan fingerprint density at radius 1 is 1.43 bits per heavy atom. The molecule has 1 N–H and O–H groups in total. The zero-order valence-corrected chi connectivity index (χ0v) is 12.3. The SMILES string of the molecule is CSc1ccc([N+](=O)[O-])c(C(=O)N[C@@H](C)c2ccco2)c1. The van der Waals surface area contributed by atoms with Crippen LogP contribution in [-0.2, 0) is 0 Å². The summed E-state index contributed by atoms with van der Waals surface area (Å²) in [6.07, 6.45) is 3.35. The van der Waals surface area contributed by atoms with Gasteiger partial charge in [0.05, 0.1) is 17.2 Å². The maximum absolute atomic E-state index is 12.3. The van der Waals surface area contributed by atoms with Gasteiger partial charge in [-0.15, -0.1) is 11.8 Å². The van der Waals surface area contributed by atoms with Crippen LogP contribution in [0.4, 0.5) is 5.69 Å². The van der Waals surface area contributed by atoms with Gasteiger partial charge in [0.15, 0.2) is 0 Å². The summed E-state index contributed by atoms with van der Waals surface area (Å²) in [5.41, 5.74) is -0.165. The number of rotatable bonds is 5. The number of nitrogens with one attached hydrogen (secondary N) is 1. The first kappa shape index (κ1) is 15.1. The van der Waals surface area contributed by atoms with E-state index in [4.69, 9.17) is 4.42 Å². The van der Waals surface area contributed by atoms with Crippen molar-refractivity contribution in [2.24, 2.45) is 0 Å². The zero-order valence-electron chi connectivity index (χ0n) is 11.5. The maximum atomic E-state index is 12.3. The lowest BCUT2D eigenvalue weighted by Crippen LogP contribution is -2.27. The monoisotopic (exact) mass is 306 g/mol. The Labute approximate surface area is 125 Å². The van der Waals surface area contributed by atoms with E-state index in [-0.39, 0.29) is 17.3 Å². The maximum Gasteiger partial charge on any atom is 0.282 e. The number of carbonyl (C=O) groups is 1. The van der Waals surface area contributed by atoms with Crippen molar-refractivity contribution in [2.45, 2.75) is 17.9 Å². The van der Waals surface area contributed by atoms with Gasteiger partial charge in [-0.05, 0) is 37.4 Å². The Kier molecular flexibility index (Phi) is 4.64. The molecule has 0 bridgehead atoms. The summed E-state index contributed by atoms with van der Waals surface area (Å²) >= 11 is 1.42. The molecule has 0 fully saturated rings. The molecule has 1 heterocycles. The molecule has 1 aromatic heterocycles. The van der Waals surface area contributed by atoms with E-state index in [0.717, 1.165) is 4.90 Å². The summed E-state index contributed by atoms with van der Waals surface area (Å²) in [6, 6.07) is 7.57. The fourth-order valence-electron chi connectivity index (χ4n) is 1.87. The number of nitro groups is 1. The van der Waals surface area contributed by atoms with Gasteiger partial charge in [0, 0.05) is 11.0 Å². The molecule has 110 valence electrons. The van der Waals surface area contributed by atoms with Crippen molar-refractivity contribution in [1.29, 1.82) is 0 Å². The second kappa shape index (κ2) is 6.45. The molecule has 1 amide bonds. The van der Waals surface area contributed by atoms with E-state index in [1.165, 1.54) is 30.2 Å². The third kappa shape index (κ3) is 3.43. The van der Waals surface area contributed by atoms with Crippen molar-refractivity contribution in [3.05, 3.63) is 58.0 Å². The summed E-state index contributed by atoms with van der Waals surface area (Å²) in [7, 11) is 0. The Morgan fingerprint density at radius 2 is 2.19 bits per heavy atom. The predicted molar refractivity (Wildman–Crippen MR) is 79.5 cm³/mol. The predicted octanol–water partition coefficient (Wildman–Crippen LogP) is 3.40. The van der Waals surface area contributed by atoms with Crippen LogP contribution in [0.25, 0.3) is 0 Å². The van der Waals surface area contributed by atoms with Gasteiger partial charge in [-0.25, -0.2) is 0 Å². The number of nitrogens with zero attached hydrogens (tertiary/aromatic N) is 1. The van der Waals surface area contributed by atoms with Gasteiger partial charge in [-0.2, -0.15) is 0 Å². The molecule has 1 atom stereocenters. The van der Waals surface area contributed by atoms with Crippen molar-refractivity contribution in [3.8, 4) is 0 Å². The average Bonchev–Trinajstić information content (AvgIpc) is 3.00. The molecule has 7 heteroatoms. The van der Waals surface area contributed by atoms with Crippen LogP contribution in [0.5, 0.6) is 0 Å². The van der Waals surface area contributed by atoms with Crippen LogP contribution in [0.3, 0.4) is 0 Å². The number of furan rings is 1. The molecule has 6 nitrogen and oxygen atoms in total. The van der Waals surface area contributed by atoms with Crippen LogP contribution in [0.2, 0.25) is 0 Å². The first-order chi connectivity index (χ1) is 10.0. The molecule has 0 radical (unpaired) electrons. The van der Waals surface area contributed by atoms with E-state index in [1.54, 1.807) is 25.1 Å². The van der Waals surface area contributed by atoms with E-state index in [2.05, 4.69) is 5.32 Å². The third-order valence-electron chi connectivity index (χ3n) is 2.96. The van der Waals surface area contributed by atoms with Crippen LogP contribution >= 0.6 is 11.8 Å². The standard InChI is InChI=1S/C14H14N2O4S/c1-9(13-4-3-7-20-13)15-14(17)11-8-10(21-2)5-6-12(11)16(18)19/h3-9H,1-2H3,(H,15,17)/t9-/m0/s1. The van der Waals surface area contributed by atoms with Crippen molar-refractivity contribution in [2.75, 3.05) is 6.26 Å². The van der Waals surface area contributed by atoms with Crippen molar-refractivity contribution in [3.63, 3.8) is 0 Å². The van der Waals surface area contributed by atoms with Gasteiger partial charge < -0.3 is 9.73 Å². The molecule has 0 saturated heterocycles. The van der Waals surface area contributed by atoms with Crippen LogP contribution in [-0.4, -0.2) is 17.1 Å². The van der Waals surface area contributed by atoms with E-state index in [0.29, 0.717) is 5.76 Å². The number of hydrogen-bond donors (Lipinski definition) is 1. The lowest BCUT2D eigenvalue weighted by molar-refractivity contribution is -0.385. The minimum Gasteiger partial charge on any atom is -0.467 e. The van der Waals surface area contributed by atoms with Gasteiger partial charge in [0.2, 0.25) is 0 Å². The highest BCUT2D eigenvalue weighted by molar-refractivity contribution is 7.98. The number of nitro benzene ring substituents is 1. The Hall–Kier alpha value is -2.28. The molecule has 0 unspecified atom stereocenters. The molecule has 2 aromatic rings. The normalized spacial score (nSPS) is 11.9. The Bertz CT molecular complexity index is 655. The summed E-state index contributed by atoms with van der Waals surface area (Å²) in [5.74, 6) is 0.0912. The van der Waals surface area contributed by atoms with Gasteiger partial charge in [-0.3, -0.25) is 14.9 Å². The smallest absolute Gasteiger partial charge is 0.282 e. The third-order valence-corrected chi connectivity index (χ3v) is 3.69. The Morgan fingerprint density at radius 3 is 2.76 bits per heavy atom. The lowest BCUT2D eigenvalue weighted by atomic mass is 10.1. The van der Waals surface area contributed by atoms with E-state index >= 15 is 0 Å². The number of thioether (sulfide) groups is 1. The van der Waals surface area contributed by atoms with Crippen LogP contribution in [0.1, 0.15) is 29.1 Å². The molecular formula is C14H14N2O4S. The van der Waals surface area contributed by atoms with Crippen LogP contribution in [0, 0.1) is 10.1 Å². The van der Waals surface area contributed by atoms with Crippen molar-refractivity contribution >= 4 is 23.4 Å². The molecular weight excluding hydrogens is 292 g/mol. The zero-order chi connectivity index (χ0) is 15.4. The number of benzene rings is 1. The highest BCUT2D eigenvalue weighted by atomic mass is 32.2. The fourth-order valence-corrected chi connectivity index (χ4v) is 2.31. The second-order valence-corrected chi connectivity index (χ2v) is 5.23. The van der Waals surface area contributed by atoms with Crippen molar-refractivity contribution < 1.29 is 14.1 Å². The van der Waals surface area contributed by atoms with E-state index < -0.39 is 10.8 Å². The summed E-state index contributed by atoms with van der Waals surface area (Å²) in [4.78, 5) is 23.5. The molecule has 0 aliphatic carbocycles. The lowest BCUT2D eigenvalue weighted by Gasteiger charge is -2.12. The van der Waals surface area contributed by atoms with E-state index in [1.807, 2.05) is 6.26 Å². The van der Waals surface area contributed by atoms with E-state index in [9.17, 15) is 14.9 Å². The van der Waals surface area contributed by atoms with Crippen LogP contribution in [0.15, 0.2) is 45.9 Å². The van der Waals surface area contributed by atoms with Gasteiger partial charge >= 0.3 is 0 Å². The molecule has 21 heavy (non-hydrogen) atoms. The molecule has 0 spiro atoms. The highest BCUT2D eigenvalue weighted by Gasteiger charge is 2.22. The quantitative estimate of drug-likeness (QED) is 0.520. The number of amides is 1. The van der Waals surface area contributed by atoms with Crippen LogP contribution < -0.4 is 5.32 Å². The summed E-state index contributed by atoms with van der Waals surface area (Å²) in [6.45, 7) is 1.75. The minimum absolute atomic E-state index is 0.0465.